The van der Waals surface area contributed by atoms with Crippen LogP contribution >= 0.6 is 0 Å². The van der Waals surface area contributed by atoms with Crippen LogP contribution in [0.1, 0.15) is 36.0 Å². The first-order chi connectivity index (χ1) is 12.6. The van der Waals surface area contributed by atoms with E-state index in [1.807, 2.05) is 12.1 Å². The molecule has 0 fully saturated rings. The molecule has 0 radical (unpaired) electrons. The molecule has 4 rings (SSSR count). The maximum Gasteiger partial charge on any atom is 0.205 e. The molecule has 0 saturated carbocycles. The van der Waals surface area contributed by atoms with Gasteiger partial charge in [0.25, 0.3) is 0 Å². The van der Waals surface area contributed by atoms with Crippen LogP contribution in [0.5, 0.6) is 0 Å². The average molecular weight is 350 g/mol. The van der Waals surface area contributed by atoms with Crippen LogP contribution in [0, 0.1) is 17.1 Å². The van der Waals surface area contributed by atoms with Gasteiger partial charge in [-0.15, -0.1) is 0 Å². The lowest BCUT2D eigenvalue weighted by molar-refractivity contribution is -0.117. The van der Waals surface area contributed by atoms with Crippen molar-refractivity contribution in [1.29, 1.82) is 5.26 Å². The van der Waals surface area contributed by atoms with E-state index in [1.54, 1.807) is 24.5 Å². The van der Waals surface area contributed by atoms with Crippen LogP contribution < -0.4 is 5.73 Å². The number of rotatable bonds is 2. The highest BCUT2D eigenvalue weighted by atomic mass is 19.1. The summed E-state index contributed by atoms with van der Waals surface area (Å²) in [6, 6.07) is 11.5. The molecule has 6 heteroatoms. The summed E-state index contributed by atoms with van der Waals surface area (Å²) in [7, 11) is 0. The van der Waals surface area contributed by atoms with Gasteiger partial charge in [-0.05, 0) is 29.8 Å². The lowest BCUT2D eigenvalue weighted by Gasteiger charge is -2.33. The Labute approximate surface area is 149 Å². The van der Waals surface area contributed by atoms with E-state index in [1.165, 1.54) is 12.1 Å². The molecule has 2 heterocycles. The summed E-state index contributed by atoms with van der Waals surface area (Å²) in [5.41, 5.74) is 6.95. The van der Waals surface area contributed by atoms with Crippen molar-refractivity contribution in [2.24, 2.45) is 5.73 Å². The molecule has 1 aromatic heterocycles. The van der Waals surface area contributed by atoms with E-state index in [-0.39, 0.29) is 29.6 Å². The summed E-state index contributed by atoms with van der Waals surface area (Å²) in [6.45, 7) is 0. The van der Waals surface area contributed by atoms with Gasteiger partial charge < -0.3 is 14.9 Å². The van der Waals surface area contributed by atoms with Crippen LogP contribution in [0.15, 0.2) is 69.9 Å². The molecule has 1 aromatic carbocycles. The minimum absolute atomic E-state index is 0.0478. The summed E-state index contributed by atoms with van der Waals surface area (Å²) in [5, 5.41) is 9.53. The van der Waals surface area contributed by atoms with Crippen LogP contribution in [0.4, 0.5) is 4.39 Å². The Kier molecular flexibility index (Phi) is 3.85. The Bertz CT molecular complexity index is 983. The van der Waals surface area contributed by atoms with Crippen LogP contribution in [0.25, 0.3) is 0 Å². The van der Waals surface area contributed by atoms with Crippen molar-refractivity contribution >= 4 is 5.78 Å². The minimum atomic E-state index is -0.718. The summed E-state index contributed by atoms with van der Waals surface area (Å²) >= 11 is 0. The number of ketones is 1. The third-order valence-corrected chi connectivity index (χ3v) is 4.79. The van der Waals surface area contributed by atoms with Crippen molar-refractivity contribution in [3.8, 4) is 6.07 Å². The van der Waals surface area contributed by atoms with Gasteiger partial charge in [0.05, 0.1) is 12.2 Å². The third kappa shape index (κ3) is 2.58. The van der Waals surface area contributed by atoms with Crippen molar-refractivity contribution in [1.82, 2.24) is 0 Å². The molecule has 2 aliphatic rings. The molecule has 0 saturated heterocycles. The first-order valence-electron chi connectivity index (χ1n) is 8.21. The van der Waals surface area contributed by atoms with E-state index in [0.717, 1.165) is 0 Å². The van der Waals surface area contributed by atoms with Crippen LogP contribution in [-0.4, -0.2) is 5.78 Å². The van der Waals surface area contributed by atoms with Gasteiger partial charge >= 0.3 is 0 Å². The number of nitriles is 1. The van der Waals surface area contributed by atoms with Gasteiger partial charge in [0.2, 0.25) is 5.88 Å². The fourth-order valence-corrected chi connectivity index (χ4v) is 3.65. The SMILES string of the molecule is N#CC1=C(N)OC2=C(C(=O)C[C@@H](c3ccco3)C2)[C@@H]1c1cccc(F)c1. The molecule has 2 atom stereocenters. The Morgan fingerprint density at radius 2 is 2.08 bits per heavy atom. The molecule has 2 aromatic rings. The van der Waals surface area contributed by atoms with Gasteiger partial charge in [-0.1, -0.05) is 12.1 Å². The molecule has 5 nitrogen and oxygen atoms in total. The monoisotopic (exact) mass is 350 g/mol. The van der Waals surface area contributed by atoms with Crippen LogP contribution in [0.3, 0.4) is 0 Å². The zero-order valence-corrected chi connectivity index (χ0v) is 13.7. The highest BCUT2D eigenvalue weighted by Crippen LogP contribution is 2.46. The number of furan rings is 1. The van der Waals surface area contributed by atoms with E-state index >= 15 is 0 Å². The predicted molar refractivity (Wildman–Crippen MR) is 89.8 cm³/mol. The summed E-state index contributed by atoms with van der Waals surface area (Å²) in [5.74, 6) is -0.387. The number of ether oxygens (including phenoxy) is 1. The quantitative estimate of drug-likeness (QED) is 0.893. The molecular formula is C20H15FN2O3. The van der Waals surface area contributed by atoms with Crippen molar-refractivity contribution in [3.05, 3.63) is 82.6 Å². The zero-order chi connectivity index (χ0) is 18.3. The van der Waals surface area contributed by atoms with E-state index in [9.17, 15) is 14.4 Å². The maximum atomic E-state index is 13.7. The highest BCUT2D eigenvalue weighted by molar-refractivity contribution is 6.00. The minimum Gasteiger partial charge on any atom is -0.469 e. The van der Waals surface area contributed by atoms with E-state index in [2.05, 4.69) is 0 Å². The van der Waals surface area contributed by atoms with Gasteiger partial charge in [-0.25, -0.2) is 4.39 Å². The zero-order valence-electron chi connectivity index (χ0n) is 13.7. The number of Topliss-reactive ketones (excluding diaryl/α,β-unsaturated/α-hetero) is 1. The fraction of sp³-hybridized carbons (Fsp3) is 0.200. The number of hydrogen-bond donors (Lipinski definition) is 1. The van der Waals surface area contributed by atoms with Gasteiger partial charge in [0.15, 0.2) is 5.78 Å². The standard InChI is InChI=1S/C20H15FN2O3/c21-13-4-1-3-11(7-13)18-14(10-22)20(23)26-17-9-12(8-15(24)19(17)18)16-5-2-6-25-16/h1-7,12,18H,8-9,23H2/t12-,18-/m1/s1. The van der Waals surface area contributed by atoms with Gasteiger partial charge in [0, 0.05) is 24.3 Å². The fourth-order valence-electron chi connectivity index (χ4n) is 3.65. The Balaban J connectivity index is 1.82. The smallest absolute Gasteiger partial charge is 0.205 e. The van der Waals surface area contributed by atoms with Crippen molar-refractivity contribution < 1.29 is 18.3 Å². The number of benzene rings is 1. The number of nitrogens with two attached hydrogens (primary N) is 1. The van der Waals surface area contributed by atoms with E-state index < -0.39 is 11.7 Å². The Morgan fingerprint density at radius 3 is 2.77 bits per heavy atom. The Morgan fingerprint density at radius 1 is 1.23 bits per heavy atom. The molecule has 130 valence electrons. The largest absolute Gasteiger partial charge is 0.469 e. The number of hydrogen-bond acceptors (Lipinski definition) is 5. The molecule has 1 aliphatic carbocycles. The number of carbonyl (C=O) groups excluding carboxylic acids is 1. The van der Waals surface area contributed by atoms with E-state index in [0.29, 0.717) is 29.1 Å². The molecular weight excluding hydrogens is 335 g/mol. The second-order valence-electron chi connectivity index (χ2n) is 6.36. The molecule has 0 spiro atoms. The number of allylic oxidation sites excluding steroid dienone is 3. The first kappa shape index (κ1) is 16.2. The van der Waals surface area contributed by atoms with Gasteiger partial charge in [0.1, 0.15) is 29.0 Å². The molecule has 0 amide bonds. The van der Waals surface area contributed by atoms with Gasteiger partial charge in [-0.3, -0.25) is 4.79 Å². The second kappa shape index (κ2) is 6.19. The highest BCUT2D eigenvalue weighted by Gasteiger charge is 2.41. The van der Waals surface area contributed by atoms with Crippen LogP contribution in [-0.2, 0) is 9.53 Å². The van der Waals surface area contributed by atoms with Crippen LogP contribution in [0.2, 0.25) is 0 Å². The van der Waals surface area contributed by atoms with Crippen molar-refractivity contribution in [2.45, 2.75) is 24.7 Å². The third-order valence-electron chi connectivity index (χ3n) is 4.79. The lowest BCUT2D eigenvalue weighted by Crippen LogP contribution is -2.29. The number of carbonyl (C=O) groups is 1. The van der Waals surface area contributed by atoms with Gasteiger partial charge in [-0.2, -0.15) is 5.26 Å². The first-order valence-corrected chi connectivity index (χ1v) is 8.21. The molecule has 26 heavy (non-hydrogen) atoms. The second-order valence-corrected chi connectivity index (χ2v) is 6.36. The normalized spacial score (nSPS) is 22.7. The number of nitrogens with zero attached hydrogens (tertiary/aromatic N) is 1. The number of halogens is 1. The summed E-state index contributed by atoms with van der Waals surface area (Å²) in [4.78, 5) is 12.9. The topological polar surface area (TPSA) is 89.3 Å². The lowest BCUT2D eigenvalue weighted by atomic mass is 9.74. The average Bonchev–Trinajstić information content (AvgIpc) is 3.15. The molecule has 0 bridgehead atoms. The molecule has 0 unspecified atom stereocenters. The van der Waals surface area contributed by atoms with Crippen molar-refractivity contribution in [2.75, 3.05) is 0 Å². The maximum absolute atomic E-state index is 13.7. The molecule has 2 N–H and O–H groups in total. The summed E-state index contributed by atoms with van der Waals surface area (Å²) < 4.78 is 24.8. The summed E-state index contributed by atoms with van der Waals surface area (Å²) in [6.07, 6.45) is 2.23. The predicted octanol–water partition coefficient (Wildman–Crippen LogP) is 3.63. The Hall–Kier alpha value is -3.33. The molecule has 1 aliphatic heterocycles. The van der Waals surface area contributed by atoms with E-state index in [4.69, 9.17) is 14.9 Å². The van der Waals surface area contributed by atoms with Crippen molar-refractivity contribution in [3.63, 3.8) is 0 Å².